The number of ether oxygens (including phenoxy) is 3. The van der Waals surface area contributed by atoms with Crippen LogP contribution in [0.1, 0.15) is 53.8 Å². The number of rotatable bonds is 14. The van der Waals surface area contributed by atoms with E-state index < -0.39 is 28.2 Å². The average Bonchev–Trinajstić information content (AvgIpc) is 2.80. The van der Waals surface area contributed by atoms with Gasteiger partial charge in [-0.25, -0.2) is 9.59 Å². The fourth-order valence-corrected chi connectivity index (χ4v) is 3.33. The number of benzene rings is 2. The van der Waals surface area contributed by atoms with E-state index in [9.17, 15) is 18.0 Å². The fraction of sp³-hybridized carbons (Fsp3) is 0.440. The van der Waals surface area contributed by atoms with Crippen LogP contribution in [0.25, 0.3) is 0 Å². The lowest BCUT2D eigenvalue weighted by atomic mass is 10.1. The second-order valence-electron chi connectivity index (χ2n) is 8.22. The van der Waals surface area contributed by atoms with Crippen LogP contribution in [-0.4, -0.2) is 52.5 Å². The lowest BCUT2D eigenvalue weighted by molar-refractivity contribution is 0.0218. The number of hydrogen-bond donors (Lipinski definition) is 0. The third-order valence-corrected chi connectivity index (χ3v) is 5.17. The molecule has 8 nitrogen and oxygen atoms in total. The Balaban J connectivity index is 1.88. The summed E-state index contributed by atoms with van der Waals surface area (Å²) in [5.41, 5.74) is 0.819. The molecule has 34 heavy (non-hydrogen) atoms. The van der Waals surface area contributed by atoms with Crippen molar-refractivity contribution in [1.29, 1.82) is 0 Å². The molecular formula is C25H32O8S. The van der Waals surface area contributed by atoms with Gasteiger partial charge in [-0.2, -0.15) is 8.42 Å². The zero-order valence-corrected chi connectivity index (χ0v) is 20.6. The molecule has 0 radical (unpaired) electrons. The van der Waals surface area contributed by atoms with Crippen LogP contribution in [0.5, 0.6) is 5.75 Å². The number of carbonyl (C=O) groups excluding carboxylic acids is 2. The molecule has 0 aliphatic rings. The van der Waals surface area contributed by atoms with Crippen molar-refractivity contribution in [3.63, 3.8) is 0 Å². The molecule has 0 heterocycles. The Morgan fingerprint density at radius 1 is 0.882 bits per heavy atom. The zero-order valence-electron chi connectivity index (χ0n) is 19.8. The lowest BCUT2D eigenvalue weighted by Crippen LogP contribution is -2.22. The van der Waals surface area contributed by atoms with Gasteiger partial charge in [-0.1, -0.05) is 38.1 Å². The van der Waals surface area contributed by atoms with Gasteiger partial charge in [0.25, 0.3) is 10.1 Å². The van der Waals surface area contributed by atoms with Gasteiger partial charge in [-0.3, -0.25) is 4.18 Å². The maximum Gasteiger partial charge on any atom is 0.338 e. The SMILES string of the molecule is CC(C)COC(=O)c1cccc(OCCCC(CCOS(C)(=O)=O)OC(=O)c2ccccc2)c1. The highest BCUT2D eigenvalue weighted by Crippen LogP contribution is 2.17. The van der Waals surface area contributed by atoms with Gasteiger partial charge in [0, 0.05) is 6.42 Å². The summed E-state index contributed by atoms with van der Waals surface area (Å²) in [6.07, 6.45) is 1.63. The van der Waals surface area contributed by atoms with Crippen LogP contribution >= 0.6 is 0 Å². The average molecular weight is 493 g/mol. The quantitative estimate of drug-likeness (QED) is 0.219. The van der Waals surface area contributed by atoms with Crippen molar-refractivity contribution in [2.75, 3.05) is 26.1 Å². The van der Waals surface area contributed by atoms with E-state index in [2.05, 4.69) is 0 Å². The minimum absolute atomic E-state index is 0.0903. The molecule has 0 amide bonds. The molecule has 0 saturated carbocycles. The summed E-state index contributed by atoms with van der Waals surface area (Å²) < 4.78 is 43.8. The van der Waals surface area contributed by atoms with Crippen molar-refractivity contribution in [2.24, 2.45) is 5.92 Å². The Morgan fingerprint density at radius 3 is 2.26 bits per heavy atom. The Labute approximate surface area is 201 Å². The third kappa shape index (κ3) is 10.8. The second-order valence-corrected chi connectivity index (χ2v) is 9.86. The second kappa shape index (κ2) is 13.7. The van der Waals surface area contributed by atoms with Crippen molar-refractivity contribution in [1.82, 2.24) is 0 Å². The molecule has 0 aromatic heterocycles. The van der Waals surface area contributed by atoms with Gasteiger partial charge in [0.1, 0.15) is 11.9 Å². The first-order valence-corrected chi connectivity index (χ1v) is 13.0. The smallest absolute Gasteiger partial charge is 0.338 e. The van der Waals surface area contributed by atoms with E-state index >= 15 is 0 Å². The van der Waals surface area contributed by atoms with E-state index in [1.807, 2.05) is 13.8 Å². The first-order chi connectivity index (χ1) is 16.1. The molecule has 0 aliphatic carbocycles. The van der Waals surface area contributed by atoms with Crippen LogP contribution < -0.4 is 4.74 Å². The van der Waals surface area contributed by atoms with E-state index in [4.69, 9.17) is 18.4 Å². The summed E-state index contributed by atoms with van der Waals surface area (Å²) in [5, 5.41) is 0. The summed E-state index contributed by atoms with van der Waals surface area (Å²) in [6, 6.07) is 15.3. The standard InChI is InChI=1S/C25H32O8S/c1-19(2)18-31-24(26)21-11-7-12-23(17-21)30-15-8-13-22(14-16-32-34(3,28)29)33-25(27)20-9-5-4-6-10-20/h4-7,9-12,17,19,22H,8,13-16,18H2,1-3H3. The van der Waals surface area contributed by atoms with E-state index in [0.29, 0.717) is 42.9 Å². The van der Waals surface area contributed by atoms with Crippen LogP contribution in [0.2, 0.25) is 0 Å². The van der Waals surface area contributed by atoms with Crippen LogP contribution in [0.4, 0.5) is 0 Å². The summed E-state index contributed by atoms with van der Waals surface area (Å²) in [4.78, 5) is 24.5. The first kappa shape index (κ1) is 27.3. The number of esters is 2. The Bertz CT molecular complexity index is 1020. The van der Waals surface area contributed by atoms with Gasteiger partial charge in [0.05, 0.1) is 37.2 Å². The summed E-state index contributed by atoms with van der Waals surface area (Å²) >= 11 is 0. The van der Waals surface area contributed by atoms with Crippen molar-refractivity contribution in [3.05, 3.63) is 65.7 Å². The minimum Gasteiger partial charge on any atom is -0.494 e. The molecule has 0 bridgehead atoms. The van der Waals surface area contributed by atoms with Crippen molar-refractivity contribution in [3.8, 4) is 5.75 Å². The minimum atomic E-state index is -3.58. The molecule has 0 aliphatic heterocycles. The van der Waals surface area contributed by atoms with E-state index in [1.165, 1.54) is 0 Å². The van der Waals surface area contributed by atoms with Gasteiger partial charge in [-0.05, 0) is 49.1 Å². The van der Waals surface area contributed by atoms with Crippen LogP contribution in [-0.2, 0) is 23.8 Å². The molecule has 0 saturated heterocycles. The largest absolute Gasteiger partial charge is 0.494 e. The highest BCUT2D eigenvalue weighted by atomic mass is 32.2. The Hall–Kier alpha value is -2.91. The predicted octanol–water partition coefficient (Wildman–Crippen LogP) is 4.25. The van der Waals surface area contributed by atoms with Crippen molar-refractivity contribution < 1.29 is 36.4 Å². The molecule has 1 unspecified atom stereocenters. The summed E-state index contributed by atoms with van der Waals surface area (Å²) in [6.45, 7) is 4.49. The summed E-state index contributed by atoms with van der Waals surface area (Å²) in [5.74, 6) is -0.121. The highest BCUT2D eigenvalue weighted by molar-refractivity contribution is 7.85. The van der Waals surface area contributed by atoms with Crippen LogP contribution in [0.15, 0.2) is 54.6 Å². The molecule has 9 heteroatoms. The molecule has 1 atom stereocenters. The van der Waals surface area contributed by atoms with Gasteiger partial charge in [0.15, 0.2) is 0 Å². The predicted molar refractivity (Wildman–Crippen MR) is 127 cm³/mol. The molecule has 0 fully saturated rings. The Kier molecular flexibility index (Phi) is 11.0. The van der Waals surface area contributed by atoms with Crippen molar-refractivity contribution >= 4 is 22.1 Å². The van der Waals surface area contributed by atoms with Gasteiger partial charge >= 0.3 is 11.9 Å². The molecular weight excluding hydrogens is 460 g/mol. The van der Waals surface area contributed by atoms with Crippen LogP contribution in [0, 0.1) is 5.92 Å². The fourth-order valence-electron chi connectivity index (χ4n) is 2.93. The summed E-state index contributed by atoms with van der Waals surface area (Å²) in [7, 11) is -3.58. The highest BCUT2D eigenvalue weighted by Gasteiger charge is 2.17. The van der Waals surface area contributed by atoms with E-state index in [-0.39, 0.29) is 18.9 Å². The van der Waals surface area contributed by atoms with Gasteiger partial charge < -0.3 is 14.2 Å². The topological polar surface area (TPSA) is 105 Å². The first-order valence-electron chi connectivity index (χ1n) is 11.1. The van der Waals surface area contributed by atoms with Crippen LogP contribution in [0.3, 0.4) is 0 Å². The third-order valence-electron chi connectivity index (χ3n) is 4.58. The van der Waals surface area contributed by atoms with Gasteiger partial charge in [-0.15, -0.1) is 0 Å². The Morgan fingerprint density at radius 2 is 1.59 bits per heavy atom. The molecule has 2 aromatic rings. The van der Waals surface area contributed by atoms with Gasteiger partial charge in [0.2, 0.25) is 0 Å². The molecule has 186 valence electrons. The van der Waals surface area contributed by atoms with E-state index in [1.54, 1.807) is 54.6 Å². The molecule has 2 rings (SSSR count). The molecule has 0 spiro atoms. The normalized spacial score (nSPS) is 12.2. The lowest BCUT2D eigenvalue weighted by Gasteiger charge is -2.18. The molecule has 0 N–H and O–H groups in total. The maximum absolute atomic E-state index is 12.4. The maximum atomic E-state index is 12.4. The monoisotopic (exact) mass is 492 g/mol. The molecule has 2 aromatic carbocycles. The number of carbonyl (C=O) groups is 2. The van der Waals surface area contributed by atoms with Crippen molar-refractivity contribution in [2.45, 2.75) is 39.2 Å². The van der Waals surface area contributed by atoms with E-state index in [0.717, 1.165) is 6.26 Å². The zero-order chi connectivity index (χ0) is 25.0. The number of hydrogen-bond acceptors (Lipinski definition) is 8.